The number of alkyl halides is 3. The Balaban J connectivity index is 0.000000470. The Morgan fingerprint density at radius 1 is 0.875 bits per heavy atom. The normalized spacial score (nSPS) is 15.6. The standard InChI is InChI=1S/C26H27N3O4.C2HF3O2/c30-23(22-3-2-20-7-9-27-10-8-21(20)16-22)4-6-26(31)29-13-11-28(12-14-29)17-19-1-5-24-25(15-19)33-18-32-24;3-2(4,5)1(6)7/h1-3,5,11-16,27H,4,6-10,17-18H2;(H,6,7). The lowest BCUT2D eigenvalue weighted by Crippen LogP contribution is -2.25. The highest BCUT2D eigenvalue weighted by Gasteiger charge is 2.38. The first-order valence-electron chi connectivity index (χ1n) is 12.6. The van der Waals surface area contributed by atoms with Crippen LogP contribution in [0.2, 0.25) is 0 Å². The lowest BCUT2D eigenvalue weighted by Gasteiger charge is -2.24. The van der Waals surface area contributed by atoms with E-state index in [4.69, 9.17) is 19.4 Å². The third-order valence-electron chi connectivity index (χ3n) is 6.41. The molecule has 0 fully saturated rings. The van der Waals surface area contributed by atoms with E-state index in [1.54, 1.807) is 12.4 Å². The first-order valence-corrected chi connectivity index (χ1v) is 12.6. The second-order valence-electron chi connectivity index (χ2n) is 9.22. The van der Waals surface area contributed by atoms with E-state index in [-0.39, 0.29) is 31.3 Å². The zero-order valence-electron chi connectivity index (χ0n) is 21.4. The number of carbonyl (C=O) groups is 3. The number of carboxylic acid groups (broad SMARTS) is 1. The Labute approximate surface area is 228 Å². The lowest BCUT2D eigenvalue weighted by molar-refractivity contribution is -0.192. The maximum atomic E-state index is 12.7. The van der Waals surface area contributed by atoms with Gasteiger partial charge in [0, 0.05) is 49.7 Å². The van der Waals surface area contributed by atoms with Crippen molar-refractivity contribution in [2.24, 2.45) is 0 Å². The molecule has 3 heterocycles. The van der Waals surface area contributed by atoms with Crippen molar-refractivity contribution < 1.29 is 42.1 Å². The molecule has 2 aromatic rings. The van der Waals surface area contributed by atoms with Crippen LogP contribution in [0, 0.1) is 0 Å². The van der Waals surface area contributed by atoms with Crippen LogP contribution in [0.15, 0.2) is 61.2 Å². The van der Waals surface area contributed by atoms with Gasteiger partial charge in [-0.2, -0.15) is 13.2 Å². The highest BCUT2D eigenvalue weighted by Crippen LogP contribution is 2.33. The fourth-order valence-electron chi connectivity index (χ4n) is 4.28. The zero-order chi connectivity index (χ0) is 28.7. The lowest BCUT2D eigenvalue weighted by atomic mass is 9.97. The van der Waals surface area contributed by atoms with Gasteiger partial charge in [-0.1, -0.05) is 18.2 Å². The first-order chi connectivity index (χ1) is 19.1. The van der Waals surface area contributed by atoms with E-state index in [0.717, 1.165) is 43.0 Å². The molecule has 0 saturated heterocycles. The molecule has 0 saturated carbocycles. The predicted octanol–water partition coefficient (Wildman–Crippen LogP) is 3.99. The number of benzene rings is 2. The smallest absolute Gasteiger partial charge is 0.475 e. The first kappa shape index (κ1) is 28.7. The van der Waals surface area contributed by atoms with Gasteiger partial charge in [0.05, 0.1) is 0 Å². The number of hydrogen-bond acceptors (Lipinski definition) is 7. The third-order valence-corrected chi connectivity index (χ3v) is 6.41. The predicted molar refractivity (Wildman–Crippen MR) is 137 cm³/mol. The summed E-state index contributed by atoms with van der Waals surface area (Å²) in [6, 6.07) is 11.8. The maximum Gasteiger partial charge on any atom is 0.490 e. The van der Waals surface area contributed by atoms with Crippen molar-refractivity contribution in [2.75, 3.05) is 19.9 Å². The van der Waals surface area contributed by atoms with Gasteiger partial charge in [-0.25, -0.2) is 4.79 Å². The minimum Gasteiger partial charge on any atom is -0.475 e. The molecule has 212 valence electrons. The van der Waals surface area contributed by atoms with Crippen LogP contribution >= 0.6 is 0 Å². The van der Waals surface area contributed by atoms with Crippen LogP contribution in [0.4, 0.5) is 13.2 Å². The minimum atomic E-state index is -5.08. The molecule has 0 aliphatic carbocycles. The largest absolute Gasteiger partial charge is 0.490 e. The molecule has 2 N–H and O–H groups in total. The van der Waals surface area contributed by atoms with E-state index in [1.165, 1.54) is 16.0 Å². The zero-order valence-corrected chi connectivity index (χ0v) is 21.4. The quantitative estimate of drug-likeness (QED) is 0.512. The maximum absolute atomic E-state index is 12.7. The molecule has 0 aromatic heterocycles. The Kier molecular flexibility index (Phi) is 9.10. The fraction of sp³-hybridized carbons (Fsp3) is 0.321. The van der Waals surface area contributed by atoms with Gasteiger partial charge in [-0.05, 0) is 60.8 Å². The fourth-order valence-corrected chi connectivity index (χ4v) is 4.28. The number of ether oxygens (including phenoxy) is 2. The molecule has 3 aliphatic heterocycles. The van der Waals surface area contributed by atoms with Gasteiger partial charge in [-0.15, -0.1) is 0 Å². The molecule has 40 heavy (non-hydrogen) atoms. The number of carbonyl (C=O) groups excluding carboxylic acids is 2. The van der Waals surface area contributed by atoms with E-state index in [9.17, 15) is 22.8 Å². The van der Waals surface area contributed by atoms with Gasteiger partial charge in [0.2, 0.25) is 12.7 Å². The molecule has 0 spiro atoms. The van der Waals surface area contributed by atoms with Crippen molar-refractivity contribution in [2.45, 2.75) is 38.4 Å². The monoisotopic (exact) mass is 559 g/mol. The Morgan fingerprint density at radius 2 is 1.55 bits per heavy atom. The molecule has 0 radical (unpaired) electrons. The van der Waals surface area contributed by atoms with E-state index in [1.807, 2.05) is 47.6 Å². The molecular formula is C28H28F3N3O6. The molecule has 0 atom stereocenters. The summed E-state index contributed by atoms with van der Waals surface area (Å²) >= 11 is 0. The number of aliphatic carboxylic acids is 1. The number of Topliss-reactive ketones (excluding diaryl/α,β-unsaturated/α-hetero) is 1. The number of halogens is 3. The number of carboxylic acids is 1. The van der Waals surface area contributed by atoms with Crippen LogP contribution in [-0.2, 0) is 29.0 Å². The molecule has 0 unspecified atom stereocenters. The average molecular weight is 560 g/mol. The van der Waals surface area contributed by atoms with E-state index in [2.05, 4.69) is 11.4 Å². The number of rotatable bonds is 6. The second-order valence-corrected chi connectivity index (χ2v) is 9.22. The Bertz CT molecular complexity index is 1310. The molecule has 1 amide bonds. The van der Waals surface area contributed by atoms with E-state index in [0.29, 0.717) is 12.1 Å². The van der Waals surface area contributed by atoms with Crippen LogP contribution in [0.5, 0.6) is 11.5 Å². The van der Waals surface area contributed by atoms with Crippen molar-refractivity contribution >= 4 is 17.7 Å². The third kappa shape index (κ3) is 7.63. The number of amides is 1. The minimum absolute atomic E-state index is 0.0118. The van der Waals surface area contributed by atoms with Gasteiger partial charge < -0.3 is 24.8 Å². The number of ketones is 1. The number of fused-ring (bicyclic) bond motifs is 2. The van der Waals surface area contributed by atoms with Gasteiger partial charge in [0.1, 0.15) is 0 Å². The van der Waals surface area contributed by atoms with Crippen LogP contribution in [-0.4, -0.2) is 58.6 Å². The average Bonchev–Trinajstić information content (AvgIpc) is 3.27. The summed E-state index contributed by atoms with van der Waals surface area (Å²) in [6.45, 7) is 2.81. The highest BCUT2D eigenvalue weighted by molar-refractivity contribution is 5.98. The van der Waals surface area contributed by atoms with E-state index < -0.39 is 12.1 Å². The molecule has 2 aromatic carbocycles. The Hall–Kier alpha value is -4.32. The molecule has 5 rings (SSSR count). The molecule has 3 aliphatic rings. The van der Waals surface area contributed by atoms with Gasteiger partial charge in [0.25, 0.3) is 0 Å². The van der Waals surface area contributed by atoms with Crippen molar-refractivity contribution in [1.29, 1.82) is 0 Å². The summed E-state index contributed by atoms with van der Waals surface area (Å²) in [6.07, 6.45) is 4.38. The van der Waals surface area contributed by atoms with Crippen molar-refractivity contribution in [1.82, 2.24) is 15.1 Å². The molecule has 0 bridgehead atoms. The Morgan fingerprint density at radius 3 is 2.25 bits per heavy atom. The summed E-state index contributed by atoms with van der Waals surface area (Å²) < 4.78 is 42.5. The van der Waals surface area contributed by atoms with Crippen molar-refractivity contribution in [3.05, 3.63) is 83.5 Å². The molecule has 12 heteroatoms. The van der Waals surface area contributed by atoms with Crippen LogP contribution in [0.3, 0.4) is 0 Å². The summed E-state index contributed by atoms with van der Waals surface area (Å²) in [5.74, 6) is -1.33. The van der Waals surface area contributed by atoms with Crippen molar-refractivity contribution in [3.8, 4) is 11.5 Å². The van der Waals surface area contributed by atoms with Gasteiger partial charge >= 0.3 is 12.1 Å². The highest BCUT2D eigenvalue weighted by atomic mass is 19.4. The summed E-state index contributed by atoms with van der Waals surface area (Å²) in [5, 5.41) is 10.5. The summed E-state index contributed by atoms with van der Waals surface area (Å²) in [5.41, 5.74) is 4.32. The SMILES string of the molecule is O=C(CCC(=O)N1C=CN(Cc2ccc3c(c2)OCO3)C=C1)c1ccc2c(c1)CCNCC2.O=C(O)C(F)(F)F. The summed E-state index contributed by atoms with van der Waals surface area (Å²) in [7, 11) is 0. The second kappa shape index (κ2) is 12.7. The summed E-state index contributed by atoms with van der Waals surface area (Å²) in [4.78, 5) is 37.7. The van der Waals surface area contributed by atoms with E-state index >= 15 is 0 Å². The number of nitrogens with one attached hydrogen (secondary N) is 1. The topological polar surface area (TPSA) is 108 Å². The van der Waals surface area contributed by atoms with Crippen LogP contribution < -0.4 is 14.8 Å². The number of nitrogens with zero attached hydrogens (tertiary/aromatic N) is 2. The molecule has 9 nitrogen and oxygen atoms in total. The van der Waals surface area contributed by atoms with Gasteiger partial charge in [-0.3, -0.25) is 14.5 Å². The van der Waals surface area contributed by atoms with Gasteiger partial charge in [0.15, 0.2) is 17.3 Å². The van der Waals surface area contributed by atoms with Crippen molar-refractivity contribution in [3.63, 3.8) is 0 Å². The van der Waals surface area contributed by atoms with Crippen LogP contribution in [0.1, 0.15) is 39.9 Å². The van der Waals surface area contributed by atoms with Crippen LogP contribution in [0.25, 0.3) is 0 Å². The molecular weight excluding hydrogens is 531 g/mol. The number of hydrogen-bond donors (Lipinski definition) is 2.